The number of ether oxygens (including phenoxy) is 2. The fourth-order valence-corrected chi connectivity index (χ4v) is 1.70. The van der Waals surface area contributed by atoms with Crippen molar-refractivity contribution in [2.75, 3.05) is 19.8 Å². The van der Waals surface area contributed by atoms with E-state index in [0.717, 1.165) is 13.1 Å². The highest BCUT2D eigenvalue weighted by Crippen LogP contribution is 2.05. The lowest BCUT2D eigenvalue weighted by Gasteiger charge is -2.09. The molecule has 0 aromatic heterocycles. The summed E-state index contributed by atoms with van der Waals surface area (Å²) in [5.41, 5.74) is 2.53. The fraction of sp³-hybridized carbons (Fsp3) is 0.625. The van der Waals surface area contributed by atoms with Gasteiger partial charge < -0.3 is 14.8 Å². The van der Waals surface area contributed by atoms with Crippen LogP contribution in [0.4, 0.5) is 0 Å². The van der Waals surface area contributed by atoms with Crippen LogP contribution < -0.4 is 5.32 Å². The molecule has 1 rings (SSSR count). The minimum absolute atomic E-state index is 0.276. The zero-order chi connectivity index (χ0) is 13.9. The van der Waals surface area contributed by atoms with E-state index in [0.29, 0.717) is 19.8 Å². The van der Waals surface area contributed by atoms with E-state index in [1.54, 1.807) is 0 Å². The summed E-state index contributed by atoms with van der Waals surface area (Å²) in [6, 6.07) is 8.58. The Hall–Kier alpha value is -0.900. The molecule has 19 heavy (non-hydrogen) atoms. The largest absolute Gasteiger partial charge is 0.376 e. The molecule has 3 heteroatoms. The lowest BCUT2D eigenvalue weighted by atomic mass is 10.1. The topological polar surface area (TPSA) is 30.5 Å². The molecule has 0 radical (unpaired) electrons. The molecule has 0 heterocycles. The van der Waals surface area contributed by atoms with Crippen molar-refractivity contribution in [2.24, 2.45) is 0 Å². The first-order valence-corrected chi connectivity index (χ1v) is 7.20. The van der Waals surface area contributed by atoms with Crippen molar-refractivity contribution in [1.29, 1.82) is 0 Å². The molecule has 0 aliphatic heterocycles. The SMILES string of the molecule is CCCNCc1ccc(COCCOC(C)C)cc1. The Morgan fingerprint density at radius 2 is 1.74 bits per heavy atom. The van der Waals surface area contributed by atoms with Crippen molar-refractivity contribution in [1.82, 2.24) is 5.32 Å². The molecule has 0 saturated carbocycles. The molecule has 0 unspecified atom stereocenters. The highest BCUT2D eigenvalue weighted by molar-refractivity contribution is 5.21. The van der Waals surface area contributed by atoms with E-state index >= 15 is 0 Å². The van der Waals surface area contributed by atoms with Crippen LogP contribution in [0.5, 0.6) is 0 Å². The average molecular weight is 265 g/mol. The van der Waals surface area contributed by atoms with Crippen LogP contribution in [0.2, 0.25) is 0 Å². The van der Waals surface area contributed by atoms with Gasteiger partial charge in [-0.15, -0.1) is 0 Å². The van der Waals surface area contributed by atoms with Gasteiger partial charge in [0.1, 0.15) is 0 Å². The fourth-order valence-electron chi connectivity index (χ4n) is 1.70. The molecule has 1 aromatic rings. The standard InChI is InChI=1S/C16H27NO2/c1-4-9-17-12-15-5-7-16(8-6-15)13-18-10-11-19-14(2)3/h5-8,14,17H,4,9-13H2,1-3H3. The predicted molar refractivity (Wildman–Crippen MR) is 79.2 cm³/mol. The van der Waals surface area contributed by atoms with E-state index in [9.17, 15) is 0 Å². The molecular formula is C16H27NO2. The molecular weight excluding hydrogens is 238 g/mol. The monoisotopic (exact) mass is 265 g/mol. The van der Waals surface area contributed by atoms with Crippen LogP contribution >= 0.6 is 0 Å². The van der Waals surface area contributed by atoms with Crippen molar-refractivity contribution < 1.29 is 9.47 Å². The number of nitrogens with one attached hydrogen (secondary N) is 1. The third kappa shape index (κ3) is 7.98. The van der Waals surface area contributed by atoms with Crippen LogP contribution in [0, 0.1) is 0 Å². The van der Waals surface area contributed by atoms with Gasteiger partial charge >= 0.3 is 0 Å². The van der Waals surface area contributed by atoms with Crippen LogP contribution in [0.1, 0.15) is 38.3 Å². The molecule has 0 aliphatic carbocycles. The number of hydrogen-bond donors (Lipinski definition) is 1. The summed E-state index contributed by atoms with van der Waals surface area (Å²) >= 11 is 0. The van der Waals surface area contributed by atoms with Gasteiger partial charge in [0.15, 0.2) is 0 Å². The van der Waals surface area contributed by atoms with Crippen LogP contribution in [-0.2, 0) is 22.6 Å². The van der Waals surface area contributed by atoms with Crippen molar-refractivity contribution in [3.63, 3.8) is 0 Å². The van der Waals surface area contributed by atoms with Crippen LogP contribution in [0.3, 0.4) is 0 Å². The summed E-state index contributed by atoms with van der Waals surface area (Å²) in [5.74, 6) is 0. The maximum Gasteiger partial charge on any atom is 0.0718 e. The maximum absolute atomic E-state index is 5.57. The van der Waals surface area contributed by atoms with Gasteiger partial charge in [0.25, 0.3) is 0 Å². The third-order valence-electron chi connectivity index (χ3n) is 2.73. The van der Waals surface area contributed by atoms with Gasteiger partial charge in [-0.3, -0.25) is 0 Å². The molecule has 0 amide bonds. The Balaban J connectivity index is 2.17. The van der Waals surface area contributed by atoms with Gasteiger partial charge in [-0.05, 0) is 37.9 Å². The van der Waals surface area contributed by atoms with Gasteiger partial charge in [0, 0.05) is 6.54 Å². The van der Waals surface area contributed by atoms with E-state index < -0.39 is 0 Å². The van der Waals surface area contributed by atoms with Gasteiger partial charge in [0.2, 0.25) is 0 Å². The summed E-state index contributed by atoms with van der Waals surface area (Å²) < 4.78 is 11.0. The molecule has 0 spiro atoms. The van der Waals surface area contributed by atoms with Crippen molar-refractivity contribution in [3.8, 4) is 0 Å². The Morgan fingerprint density at radius 3 is 2.37 bits per heavy atom. The smallest absolute Gasteiger partial charge is 0.0718 e. The lowest BCUT2D eigenvalue weighted by molar-refractivity contribution is 0.0143. The normalized spacial score (nSPS) is 11.2. The van der Waals surface area contributed by atoms with Gasteiger partial charge in [-0.2, -0.15) is 0 Å². The van der Waals surface area contributed by atoms with E-state index in [2.05, 4.69) is 36.5 Å². The second kappa shape index (κ2) is 9.96. The minimum Gasteiger partial charge on any atom is -0.376 e. The quantitative estimate of drug-likeness (QED) is 0.659. The van der Waals surface area contributed by atoms with E-state index in [-0.39, 0.29) is 6.10 Å². The number of benzene rings is 1. The molecule has 0 saturated heterocycles. The molecule has 1 aromatic carbocycles. The van der Waals surface area contributed by atoms with Crippen LogP contribution in [0.15, 0.2) is 24.3 Å². The summed E-state index contributed by atoms with van der Waals surface area (Å²) in [5, 5.41) is 3.39. The molecule has 0 atom stereocenters. The van der Waals surface area contributed by atoms with E-state index in [4.69, 9.17) is 9.47 Å². The highest BCUT2D eigenvalue weighted by atomic mass is 16.5. The zero-order valence-corrected chi connectivity index (χ0v) is 12.4. The lowest BCUT2D eigenvalue weighted by Crippen LogP contribution is -2.13. The summed E-state index contributed by atoms with van der Waals surface area (Å²) in [7, 11) is 0. The first-order valence-electron chi connectivity index (χ1n) is 7.20. The Labute approximate surface area is 117 Å². The summed E-state index contributed by atoms with van der Waals surface area (Å²) in [6.07, 6.45) is 1.45. The molecule has 108 valence electrons. The van der Waals surface area contributed by atoms with E-state index in [1.807, 2.05) is 13.8 Å². The Kier molecular flexibility index (Phi) is 8.47. The van der Waals surface area contributed by atoms with Crippen LogP contribution in [0.25, 0.3) is 0 Å². The second-order valence-corrected chi connectivity index (χ2v) is 4.97. The van der Waals surface area contributed by atoms with Gasteiger partial charge in [0.05, 0.1) is 25.9 Å². The van der Waals surface area contributed by atoms with Crippen molar-refractivity contribution in [3.05, 3.63) is 35.4 Å². The Morgan fingerprint density at radius 1 is 1.05 bits per heavy atom. The number of hydrogen-bond acceptors (Lipinski definition) is 3. The highest BCUT2D eigenvalue weighted by Gasteiger charge is 1.97. The average Bonchev–Trinajstić information content (AvgIpc) is 2.40. The minimum atomic E-state index is 0.276. The molecule has 0 bridgehead atoms. The van der Waals surface area contributed by atoms with Crippen molar-refractivity contribution >= 4 is 0 Å². The third-order valence-corrected chi connectivity index (χ3v) is 2.73. The Bertz CT molecular complexity index is 322. The molecule has 0 fully saturated rings. The van der Waals surface area contributed by atoms with Crippen molar-refractivity contribution in [2.45, 2.75) is 46.4 Å². The first-order chi connectivity index (χ1) is 9.22. The first kappa shape index (κ1) is 16.2. The second-order valence-electron chi connectivity index (χ2n) is 4.97. The maximum atomic E-state index is 5.57. The molecule has 1 N–H and O–H groups in total. The summed E-state index contributed by atoms with van der Waals surface area (Å²) in [4.78, 5) is 0. The molecule has 0 aliphatic rings. The molecule has 3 nitrogen and oxygen atoms in total. The van der Waals surface area contributed by atoms with Gasteiger partial charge in [-0.1, -0.05) is 31.2 Å². The van der Waals surface area contributed by atoms with E-state index in [1.165, 1.54) is 17.5 Å². The van der Waals surface area contributed by atoms with Gasteiger partial charge in [-0.25, -0.2) is 0 Å². The predicted octanol–water partition coefficient (Wildman–Crippen LogP) is 3.13. The van der Waals surface area contributed by atoms with Crippen LogP contribution in [-0.4, -0.2) is 25.9 Å². The summed E-state index contributed by atoms with van der Waals surface area (Å²) in [6.45, 7) is 10.2. The zero-order valence-electron chi connectivity index (χ0n) is 12.4. The number of rotatable bonds is 10.